The van der Waals surface area contributed by atoms with Crippen LogP contribution in [0.15, 0.2) is 134 Å². The summed E-state index contributed by atoms with van der Waals surface area (Å²) in [6, 6.07) is 32.5. The molecule has 5 aliphatic rings. The Hall–Kier alpha value is -5.80. The summed E-state index contributed by atoms with van der Waals surface area (Å²) in [4.78, 5) is 2.67. The van der Waals surface area contributed by atoms with E-state index in [0.717, 1.165) is 25.7 Å². The standard InChI is InChI=1S/C52H47N3/c1-33-19-22-36(23-20-33)37-13-11-16-39(29-37)54-48-26-24-40(30-43(48)41-17-10-12-35(3)51(41)54)55-50-32-49-44(31-45(50)46-18-8-9-27-52(46,55)4)42-28-34(2)21-25-47(42)53(49)38-14-6-5-7-15-38/h5-11,13-19,21-26,29-35H,12,20,27-28H2,1-4H3. The van der Waals surface area contributed by atoms with Crippen molar-refractivity contribution in [1.29, 1.82) is 0 Å². The van der Waals surface area contributed by atoms with Gasteiger partial charge in [0.05, 0.1) is 22.3 Å². The average molecular weight is 714 g/mol. The summed E-state index contributed by atoms with van der Waals surface area (Å²) in [6.45, 7) is 9.47. The zero-order valence-electron chi connectivity index (χ0n) is 32.3. The molecule has 0 bridgehead atoms. The highest BCUT2D eigenvalue weighted by Crippen LogP contribution is 2.56. The molecular formula is C52H47N3. The molecule has 3 nitrogen and oxygen atoms in total. The molecule has 0 N–H and O–H groups in total. The molecule has 3 heteroatoms. The number of hydrogen-bond acceptors (Lipinski definition) is 1. The Morgan fingerprint density at radius 3 is 2.40 bits per heavy atom. The molecule has 6 aromatic rings. The van der Waals surface area contributed by atoms with Gasteiger partial charge in [-0.25, -0.2) is 0 Å². The monoisotopic (exact) mass is 713 g/mol. The van der Waals surface area contributed by atoms with Gasteiger partial charge < -0.3 is 14.0 Å². The molecule has 2 aromatic heterocycles. The molecule has 270 valence electrons. The van der Waals surface area contributed by atoms with Gasteiger partial charge in [0.2, 0.25) is 0 Å². The first kappa shape index (κ1) is 32.6. The van der Waals surface area contributed by atoms with Crippen LogP contribution in [0.5, 0.6) is 0 Å². The lowest BCUT2D eigenvalue weighted by Crippen LogP contribution is -2.40. The number of anilines is 2. The van der Waals surface area contributed by atoms with E-state index in [1.54, 1.807) is 0 Å². The average Bonchev–Trinajstić information content (AvgIpc) is 3.80. The third-order valence-electron chi connectivity index (χ3n) is 13.2. The normalized spacial score (nSPS) is 23.5. The maximum Gasteiger partial charge on any atom is 0.0715 e. The number of aromatic nitrogens is 2. The van der Waals surface area contributed by atoms with E-state index in [-0.39, 0.29) is 5.54 Å². The summed E-state index contributed by atoms with van der Waals surface area (Å²) in [7, 11) is 0. The number of benzene rings is 4. The number of rotatable bonds is 4. The summed E-state index contributed by atoms with van der Waals surface area (Å²) in [5.74, 6) is 1.53. The lowest BCUT2D eigenvalue weighted by atomic mass is 9.83. The Morgan fingerprint density at radius 1 is 0.691 bits per heavy atom. The van der Waals surface area contributed by atoms with Gasteiger partial charge in [-0.3, -0.25) is 0 Å². The van der Waals surface area contributed by atoms with Crippen LogP contribution in [-0.4, -0.2) is 14.7 Å². The van der Waals surface area contributed by atoms with Gasteiger partial charge in [0.1, 0.15) is 0 Å². The van der Waals surface area contributed by atoms with Crippen LogP contribution in [0.2, 0.25) is 0 Å². The van der Waals surface area contributed by atoms with Crippen molar-refractivity contribution in [2.45, 2.75) is 64.8 Å². The molecule has 4 atom stereocenters. The van der Waals surface area contributed by atoms with Gasteiger partial charge in [-0.1, -0.05) is 106 Å². The van der Waals surface area contributed by atoms with Gasteiger partial charge >= 0.3 is 0 Å². The van der Waals surface area contributed by atoms with Crippen molar-refractivity contribution >= 4 is 56.5 Å². The van der Waals surface area contributed by atoms with E-state index in [9.17, 15) is 0 Å². The molecule has 3 heterocycles. The molecule has 0 fully saturated rings. The van der Waals surface area contributed by atoms with Crippen LogP contribution in [0.3, 0.4) is 0 Å². The third kappa shape index (κ3) is 4.81. The van der Waals surface area contributed by atoms with Crippen LogP contribution in [0.25, 0.3) is 56.5 Å². The fourth-order valence-corrected chi connectivity index (χ4v) is 10.4. The molecule has 0 spiro atoms. The summed E-state index contributed by atoms with van der Waals surface area (Å²) in [5, 5.41) is 2.70. The number of hydrogen-bond donors (Lipinski definition) is 0. The topological polar surface area (TPSA) is 13.1 Å². The van der Waals surface area contributed by atoms with Crippen molar-refractivity contribution in [3.05, 3.63) is 167 Å². The Bertz CT molecular complexity index is 2770. The summed E-state index contributed by atoms with van der Waals surface area (Å²) in [5.41, 5.74) is 18.3. The van der Waals surface area contributed by atoms with Crippen LogP contribution in [0.1, 0.15) is 86.5 Å². The predicted octanol–water partition coefficient (Wildman–Crippen LogP) is 13.5. The van der Waals surface area contributed by atoms with E-state index in [0.29, 0.717) is 17.8 Å². The highest BCUT2D eigenvalue weighted by atomic mass is 15.2. The first-order chi connectivity index (χ1) is 26.9. The van der Waals surface area contributed by atoms with Gasteiger partial charge in [0.25, 0.3) is 0 Å². The number of para-hydroxylation sites is 1. The zero-order valence-corrected chi connectivity index (χ0v) is 32.3. The predicted molar refractivity (Wildman–Crippen MR) is 234 cm³/mol. The molecule has 1 aliphatic heterocycles. The molecule has 4 aromatic carbocycles. The van der Waals surface area contributed by atoms with Crippen LogP contribution < -0.4 is 4.90 Å². The van der Waals surface area contributed by atoms with E-state index in [1.165, 1.54) is 89.3 Å². The summed E-state index contributed by atoms with van der Waals surface area (Å²) < 4.78 is 5.06. The fourth-order valence-electron chi connectivity index (χ4n) is 10.4. The maximum atomic E-state index is 2.67. The molecule has 11 rings (SSSR count). The van der Waals surface area contributed by atoms with E-state index >= 15 is 0 Å². The Balaban J connectivity index is 1.12. The quantitative estimate of drug-likeness (QED) is 0.177. The van der Waals surface area contributed by atoms with Crippen molar-refractivity contribution in [3.63, 3.8) is 0 Å². The van der Waals surface area contributed by atoms with Gasteiger partial charge in [0, 0.05) is 56.3 Å². The van der Waals surface area contributed by atoms with Crippen molar-refractivity contribution in [1.82, 2.24) is 9.13 Å². The molecule has 4 aliphatic carbocycles. The number of allylic oxidation sites excluding steroid dienone is 8. The van der Waals surface area contributed by atoms with Gasteiger partial charge in [0.15, 0.2) is 0 Å². The van der Waals surface area contributed by atoms with Gasteiger partial charge in [-0.2, -0.15) is 0 Å². The van der Waals surface area contributed by atoms with Crippen LogP contribution in [0.4, 0.5) is 11.4 Å². The maximum absolute atomic E-state index is 2.67. The second-order valence-corrected chi connectivity index (χ2v) is 16.9. The minimum atomic E-state index is -0.201. The second-order valence-electron chi connectivity index (χ2n) is 16.9. The molecule has 55 heavy (non-hydrogen) atoms. The Kier molecular flexibility index (Phi) is 7.18. The largest absolute Gasteiger partial charge is 0.330 e. The van der Waals surface area contributed by atoms with Crippen molar-refractivity contribution in [2.75, 3.05) is 4.90 Å². The highest BCUT2D eigenvalue weighted by Gasteiger charge is 2.46. The highest BCUT2D eigenvalue weighted by molar-refractivity contribution is 6.05. The molecule has 0 radical (unpaired) electrons. The minimum absolute atomic E-state index is 0.201. The number of fused-ring (bicyclic) bond motifs is 9. The van der Waals surface area contributed by atoms with Gasteiger partial charge in [-0.15, -0.1) is 0 Å². The smallest absolute Gasteiger partial charge is 0.0715 e. The molecule has 0 saturated carbocycles. The molecule has 4 unspecified atom stereocenters. The first-order valence-electron chi connectivity index (χ1n) is 20.3. The number of nitrogens with zero attached hydrogens (tertiary/aromatic N) is 3. The van der Waals surface area contributed by atoms with Crippen molar-refractivity contribution < 1.29 is 0 Å². The van der Waals surface area contributed by atoms with Crippen LogP contribution in [-0.2, 0) is 6.42 Å². The summed E-state index contributed by atoms with van der Waals surface area (Å²) in [6.07, 6.45) is 27.7. The third-order valence-corrected chi connectivity index (χ3v) is 13.2. The van der Waals surface area contributed by atoms with Crippen LogP contribution in [0, 0.1) is 11.8 Å². The second kappa shape index (κ2) is 12.1. The van der Waals surface area contributed by atoms with E-state index in [4.69, 9.17) is 0 Å². The fraction of sp³-hybridized carbons (Fsp3) is 0.231. The van der Waals surface area contributed by atoms with Crippen molar-refractivity contribution in [2.24, 2.45) is 11.8 Å². The van der Waals surface area contributed by atoms with Gasteiger partial charge in [-0.05, 0) is 127 Å². The lowest BCUT2D eigenvalue weighted by Gasteiger charge is -2.39. The van der Waals surface area contributed by atoms with E-state index in [2.05, 4.69) is 187 Å². The van der Waals surface area contributed by atoms with Crippen LogP contribution >= 0.6 is 0 Å². The zero-order chi connectivity index (χ0) is 37.0. The lowest BCUT2D eigenvalue weighted by molar-refractivity contribution is 0.607. The summed E-state index contributed by atoms with van der Waals surface area (Å²) >= 11 is 0. The molecule has 0 amide bonds. The molecular weight excluding hydrogens is 667 g/mol. The SMILES string of the molecule is CC1C=CC(c2cccc(-n3c4c(c5cc(N6c7cc8c(cc7C7=CC=CCC76C)c6c(n8-c7ccccc7)C=CC(C)C6)ccc53)C=CCC4C)c2)=CC1. The Morgan fingerprint density at radius 2 is 1.55 bits per heavy atom. The van der Waals surface area contributed by atoms with E-state index in [1.807, 2.05) is 0 Å². The van der Waals surface area contributed by atoms with Crippen molar-refractivity contribution in [3.8, 4) is 11.4 Å². The Labute approximate surface area is 324 Å². The van der Waals surface area contributed by atoms with E-state index < -0.39 is 0 Å². The molecule has 0 saturated heterocycles. The minimum Gasteiger partial charge on any atom is -0.330 e. The first-order valence-corrected chi connectivity index (χ1v) is 20.3.